The summed E-state index contributed by atoms with van der Waals surface area (Å²) in [5.74, 6) is 0.141. The van der Waals surface area contributed by atoms with E-state index < -0.39 is 0 Å². The van der Waals surface area contributed by atoms with Crippen molar-refractivity contribution < 1.29 is 13.9 Å². The molecular formula is C17H12FNO2. The fraction of sp³-hybridized carbons (Fsp3) is 0.118. The zero-order valence-electron chi connectivity index (χ0n) is 11.1. The van der Waals surface area contributed by atoms with Crippen molar-refractivity contribution in [1.82, 2.24) is 4.98 Å². The van der Waals surface area contributed by atoms with Gasteiger partial charge in [0.05, 0.1) is 5.92 Å². The van der Waals surface area contributed by atoms with Crippen molar-refractivity contribution in [3.8, 4) is 5.75 Å². The Labute approximate surface area is 120 Å². The molecule has 1 aliphatic heterocycles. The second-order valence-corrected chi connectivity index (χ2v) is 5.16. The maximum absolute atomic E-state index is 13.2. The second-order valence-electron chi connectivity index (χ2n) is 5.16. The average molecular weight is 281 g/mol. The molecule has 0 radical (unpaired) electrons. The van der Waals surface area contributed by atoms with E-state index in [4.69, 9.17) is 4.74 Å². The molecule has 0 saturated carbocycles. The van der Waals surface area contributed by atoms with Crippen LogP contribution in [-0.2, 0) is 0 Å². The zero-order valence-corrected chi connectivity index (χ0v) is 11.1. The molecular weight excluding hydrogens is 269 g/mol. The van der Waals surface area contributed by atoms with E-state index >= 15 is 0 Å². The summed E-state index contributed by atoms with van der Waals surface area (Å²) in [4.78, 5) is 15.7. The van der Waals surface area contributed by atoms with E-state index in [2.05, 4.69) is 4.98 Å². The number of hydrogen-bond acceptors (Lipinski definition) is 2. The smallest absolute Gasteiger partial charge is 0.176 e. The molecule has 2 heterocycles. The number of ketones is 1. The van der Waals surface area contributed by atoms with Crippen LogP contribution in [0.1, 0.15) is 21.8 Å². The molecule has 3 aromatic rings. The monoisotopic (exact) mass is 281 g/mol. The molecule has 104 valence electrons. The quantitative estimate of drug-likeness (QED) is 0.728. The molecule has 0 saturated heterocycles. The third kappa shape index (κ3) is 1.83. The van der Waals surface area contributed by atoms with Crippen molar-refractivity contribution in [1.29, 1.82) is 0 Å². The normalized spacial score (nSPS) is 16.7. The number of rotatable bonds is 2. The van der Waals surface area contributed by atoms with Crippen molar-refractivity contribution in [2.24, 2.45) is 0 Å². The van der Waals surface area contributed by atoms with E-state index in [0.29, 0.717) is 17.7 Å². The number of carbonyl (C=O) groups excluding carboxylic acids is 1. The summed E-state index contributed by atoms with van der Waals surface area (Å²) < 4.78 is 18.8. The second kappa shape index (κ2) is 4.45. The topological polar surface area (TPSA) is 42.1 Å². The minimum Gasteiger partial charge on any atom is -0.492 e. The molecule has 1 atom stereocenters. The van der Waals surface area contributed by atoms with Gasteiger partial charge in [-0.15, -0.1) is 0 Å². The Morgan fingerprint density at radius 1 is 1.24 bits per heavy atom. The van der Waals surface area contributed by atoms with Gasteiger partial charge < -0.3 is 9.72 Å². The van der Waals surface area contributed by atoms with Crippen LogP contribution in [0.4, 0.5) is 4.39 Å². The summed E-state index contributed by atoms with van der Waals surface area (Å²) in [7, 11) is 0. The first-order valence-corrected chi connectivity index (χ1v) is 6.76. The van der Waals surface area contributed by atoms with Crippen LogP contribution in [0.3, 0.4) is 0 Å². The summed E-state index contributed by atoms with van der Waals surface area (Å²) in [6.45, 7) is 0.353. The van der Waals surface area contributed by atoms with Gasteiger partial charge in [0.25, 0.3) is 0 Å². The number of carbonyl (C=O) groups is 1. The molecule has 1 N–H and O–H groups in total. The maximum Gasteiger partial charge on any atom is 0.176 e. The molecule has 1 unspecified atom stereocenters. The fourth-order valence-electron chi connectivity index (χ4n) is 2.87. The largest absolute Gasteiger partial charge is 0.492 e. The highest BCUT2D eigenvalue weighted by Gasteiger charge is 2.31. The van der Waals surface area contributed by atoms with Gasteiger partial charge in [-0.1, -0.05) is 18.2 Å². The van der Waals surface area contributed by atoms with Crippen molar-refractivity contribution in [3.63, 3.8) is 0 Å². The lowest BCUT2D eigenvalue weighted by atomic mass is 9.92. The summed E-state index contributed by atoms with van der Waals surface area (Å²) in [6.07, 6.45) is 1.65. The van der Waals surface area contributed by atoms with Crippen LogP contribution in [-0.4, -0.2) is 17.4 Å². The number of aromatic nitrogens is 1. The molecule has 0 bridgehead atoms. The van der Waals surface area contributed by atoms with Gasteiger partial charge in [0.1, 0.15) is 18.2 Å². The molecule has 2 aromatic carbocycles. The SMILES string of the molecule is O=C(c1c[nH]c2cc(F)ccc12)C1COc2ccccc21. The minimum absolute atomic E-state index is 0.00203. The van der Waals surface area contributed by atoms with Crippen LogP contribution >= 0.6 is 0 Å². The van der Waals surface area contributed by atoms with Crippen LogP contribution in [0.5, 0.6) is 5.75 Å². The number of fused-ring (bicyclic) bond motifs is 2. The van der Waals surface area contributed by atoms with Gasteiger partial charge in [-0.25, -0.2) is 4.39 Å². The first-order chi connectivity index (χ1) is 10.2. The predicted molar refractivity (Wildman–Crippen MR) is 77.3 cm³/mol. The van der Waals surface area contributed by atoms with Gasteiger partial charge in [0.15, 0.2) is 5.78 Å². The predicted octanol–water partition coefficient (Wildman–Crippen LogP) is 3.67. The van der Waals surface area contributed by atoms with E-state index in [1.807, 2.05) is 24.3 Å². The standard InChI is InChI=1S/C17H12FNO2/c18-10-5-6-11-13(8-19-15(11)7-10)17(20)14-9-21-16-4-2-1-3-12(14)16/h1-8,14,19H,9H2. The molecule has 1 aromatic heterocycles. The van der Waals surface area contributed by atoms with Gasteiger partial charge >= 0.3 is 0 Å². The number of aromatic amines is 1. The van der Waals surface area contributed by atoms with Gasteiger partial charge in [-0.3, -0.25) is 4.79 Å². The average Bonchev–Trinajstić information content (AvgIpc) is 3.10. The lowest BCUT2D eigenvalue weighted by molar-refractivity contribution is 0.0949. The number of H-pyrrole nitrogens is 1. The summed E-state index contributed by atoms with van der Waals surface area (Å²) in [5.41, 5.74) is 2.12. The molecule has 4 heteroatoms. The lowest BCUT2D eigenvalue weighted by Gasteiger charge is -2.06. The van der Waals surface area contributed by atoms with E-state index in [1.165, 1.54) is 12.1 Å². The number of ether oxygens (including phenoxy) is 1. The fourth-order valence-corrected chi connectivity index (χ4v) is 2.87. The Morgan fingerprint density at radius 3 is 3.00 bits per heavy atom. The van der Waals surface area contributed by atoms with Crippen LogP contribution in [0.25, 0.3) is 10.9 Å². The van der Waals surface area contributed by atoms with E-state index in [-0.39, 0.29) is 17.5 Å². The molecule has 4 rings (SSSR count). The first-order valence-electron chi connectivity index (χ1n) is 6.76. The number of hydrogen-bond donors (Lipinski definition) is 1. The highest BCUT2D eigenvalue weighted by Crippen LogP contribution is 2.36. The van der Waals surface area contributed by atoms with Gasteiger partial charge in [0, 0.05) is 28.2 Å². The maximum atomic E-state index is 13.2. The molecule has 0 amide bonds. The summed E-state index contributed by atoms with van der Waals surface area (Å²) in [5, 5.41) is 0.741. The van der Waals surface area contributed by atoms with Crippen molar-refractivity contribution in [2.75, 3.05) is 6.61 Å². The number of nitrogens with one attached hydrogen (secondary N) is 1. The highest BCUT2D eigenvalue weighted by atomic mass is 19.1. The number of para-hydroxylation sites is 1. The van der Waals surface area contributed by atoms with Crippen LogP contribution in [0, 0.1) is 5.82 Å². The molecule has 3 nitrogen and oxygen atoms in total. The van der Waals surface area contributed by atoms with Crippen LogP contribution in [0.2, 0.25) is 0 Å². The van der Waals surface area contributed by atoms with Crippen molar-refractivity contribution in [2.45, 2.75) is 5.92 Å². The number of halogens is 1. The third-order valence-electron chi connectivity index (χ3n) is 3.93. The van der Waals surface area contributed by atoms with Crippen molar-refractivity contribution >= 4 is 16.7 Å². The molecule has 0 spiro atoms. The first kappa shape index (κ1) is 12.1. The van der Waals surface area contributed by atoms with E-state index in [0.717, 1.165) is 16.7 Å². The Bertz CT molecular complexity index is 853. The Morgan fingerprint density at radius 2 is 2.10 bits per heavy atom. The molecule has 21 heavy (non-hydrogen) atoms. The Hall–Kier alpha value is -2.62. The van der Waals surface area contributed by atoms with Gasteiger partial charge in [-0.05, 0) is 24.3 Å². The molecule has 1 aliphatic rings. The van der Waals surface area contributed by atoms with E-state index in [9.17, 15) is 9.18 Å². The third-order valence-corrected chi connectivity index (χ3v) is 3.93. The van der Waals surface area contributed by atoms with Gasteiger partial charge in [0.2, 0.25) is 0 Å². The summed E-state index contributed by atoms with van der Waals surface area (Å²) >= 11 is 0. The summed E-state index contributed by atoms with van der Waals surface area (Å²) in [6, 6.07) is 12.0. The van der Waals surface area contributed by atoms with Crippen molar-refractivity contribution in [3.05, 3.63) is 65.6 Å². The lowest BCUT2D eigenvalue weighted by Crippen LogP contribution is -2.13. The highest BCUT2D eigenvalue weighted by molar-refractivity contribution is 6.11. The van der Waals surface area contributed by atoms with E-state index in [1.54, 1.807) is 12.3 Å². The number of benzene rings is 2. The molecule has 0 fully saturated rings. The van der Waals surface area contributed by atoms with Crippen LogP contribution in [0.15, 0.2) is 48.7 Å². The van der Waals surface area contributed by atoms with Crippen LogP contribution < -0.4 is 4.74 Å². The van der Waals surface area contributed by atoms with Gasteiger partial charge in [-0.2, -0.15) is 0 Å². The number of Topliss-reactive ketones (excluding diaryl/α,β-unsaturated/α-hetero) is 1. The zero-order chi connectivity index (χ0) is 14.4. The molecule has 0 aliphatic carbocycles. The minimum atomic E-state index is -0.321. The Balaban J connectivity index is 1.78. The Kier molecular flexibility index (Phi) is 2.57.